The molecule has 3 N–H and O–H groups in total. The number of fused-ring (bicyclic) bond motifs is 1. The van der Waals surface area contributed by atoms with Gasteiger partial charge in [0.25, 0.3) is 0 Å². The maximum atomic E-state index is 9.59. The lowest BCUT2D eigenvalue weighted by Gasteiger charge is -2.07. The molecule has 0 spiro atoms. The van der Waals surface area contributed by atoms with Crippen LogP contribution in [-0.2, 0) is 6.42 Å². The van der Waals surface area contributed by atoms with Crippen LogP contribution in [0.1, 0.15) is 17.2 Å². The summed E-state index contributed by atoms with van der Waals surface area (Å²) in [5, 5.41) is 10.3. The van der Waals surface area contributed by atoms with Crippen LogP contribution in [-0.4, -0.2) is 11.1 Å². The minimum absolute atomic E-state index is 0.195. The minimum atomic E-state index is -0.543. The van der Waals surface area contributed by atoms with Crippen molar-refractivity contribution in [2.75, 3.05) is 0 Å². The molecular formula is C9H10ClNO. The molecular weight excluding hydrogens is 174 g/mol. The third-order valence-corrected chi connectivity index (χ3v) is 2.67. The van der Waals surface area contributed by atoms with Gasteiger partial charge in [-0.25, -0.2) is 0 Å². The van der Waals surface area contributed by atoms with Crippen LogP contribution in [0.3, 0.4) is 0 Å². The molecule has 0 saturated carbocycles. The molecule has 0 aromatic heterocycles. The van der Waals surface area contributed by atoms with Crippen LogP contribution >= 0.6 is 11.6 Å². The fourth-order valence-corrected chi connectivity index (χ4v) is 1.90. The van der Waals surface area contributed by atoms with Crippen LogP contribution in [0, 0.1) is 0 Å². The number of aliphatic hydroxyl groups excluding tert-OH is 1. The van der Waals surface area contributed by atoms with Crippen LogP contribution in [0.25, 0.3) is 0 Å². The van der Waals surface area contributed by atoms with E-state index in [1.165, 1.54) is 0 Å². The summed E-state index contributed by atoms with van der Waals surface area (Å²) in [6.07, 6.45) is 0.134. The van der Waals surface area contributed by atoms with Crippen molar-refractivity contribution >= 4 is 11.6 Å². The van der Waals surface area contributed by atoms with Gasteiger partial charge in [-0.3, -0.25) is 0 Å². The summed E-state index contributed by atoms with van der Waals surface area (Å²) < 4.78 is 0. The quantitative estimate of drug-likeness (QED) is 0.636. The first-order valence-corrected chi connectivity index (χ1v) is 4.29. The molecule has 0 unspecified atom stereocenters. The number of benzene rings is 1. The fraction of sp³-hybridized carbons (Fsp3) is 0.333. The summed E-state index contributed by atoms with van der Waals surface area (Å²) in [6.45, 7) is 0. The maximum Gasteiger partial charge on any atom is 0.0947 e. The summed E-state index contributed by atoms with van der Waals surface area (Å²) in [4.78, 5) is 0. The first kappa shape index (κ1) is 8.05. The molecule has 0 heterocycles. The highest BCUT2D eigenvalue weighted by Gasteiger charge is 2.29. The van der Waals surface area contributed by atoms with E-state index in [2.05, 4.69) is 0 Å². The molecule has 0 fully saturated rings. The van der Waals surface area contributed by atoms with E-state index in [4.69, 9.17) is 17.3 Å². The fourth-order valence-electron chi connectivity index (χ4n) is 1.65. The predicted molar refractivity (Wildman–Crippen MR) is 48.1 cm³/mol. The average Bonchev–Trinajstić information content (AvgIpc) is 2.32. The lowest BCUT2D eigenvalue weighted by atomic mass is 10.1. The molecule has 2 rings (SSSR count). The number of halogens is 1. The van der Waals surface area contributed by atoms with Crippen LogP contribution in [0.5, 0.6) is 0 Å². The molecule has 2 nitrogen and oxygen atoms in total. The molecule has 0 amide bonds. The van der Waals surface area contributed by atoms with Gasteiger partial charge >= 0.3 is 0 Å². The summed E-state index contributed by atoms with van der Waals surface area (Å²) in [7, 11) is 0. The van der Waals surface area contributed by atoms with Crippen molar-refractivity contribution in [2.45, 2.75) is 18.6 Å². The van der Waals surface area contributed by atoms with E-state index in [1.54, 1.807) is 0 Å². The van der Waals surface area contributed by atoms with Crippen molar-refractivity contribution in [3.63, 3.8) is 0 Å². The van der Waals surface area contributed by atoms with Gasteiger partial charge in [-0.15, -0.1) is 0 Å². The lowest BCUT2D eigenvalue weighted by molar-refractivity contribution is 0.159. The Hall–Kier alpha value is -0.570. The number of hydrogen-bond acceptors (Lipinski definition) is 2. The largest absolute Gasteiger partial charge is 0.387 e. The summed E-state index contributed by atoms with van der Waals surface area (Å²) in [5.41, 5.74) is 7.57. The van der Waals surface area contributed by atoms with E-state index < -0.39 is 6.10 Å². The summed E-state index contributed by atoms with van der Waals surface area (Å²) in [6, 6.07) is 5.34. The Kier molecular flexibility index (Phi) is 1.83. The molecule has 1 aromatic carbocycles. The van der Waals surface area contributed by atoms with Crippen molar-refractivity contribution in [3.8, 4) is 0 Å². The zero-order valence-corrected chi connectivity index (χ0v) is 7.25. The van der Waals surface area contributed by atoms with Crippen LogP contribution in [0.2, 0.25) is 5.02 Å². The second kappa shape index (κ2) is 2.73. The van der Waals surface area contributed by atoms with E-state index in [9.17, 15) is 5.11 Å². The molecule has 0 saturated heterocycles. The van der Waals surface area contributed by atoms with E-state index in [1.807, 2.05) is 18.2 Å². The van der Waals surface area contributed by atoms with Crippen molar-refractivity contribution in [3.05, 3.63) is 34.3 Å². The Morgan fingerprint density at radius 3 is 2.92 bits per heavy atom. The molecule has 12 heavy (non-hydrogen) atoms. The summed E-state index contributed by atoms with van der Waals surface area (Å²) >= 11 is 5.93. The number of aliphatic hydroxyl groups is 1. The van der Waals surface area contributed by atoms with Gasteiger partial charge in [0.15, 0.2) is 0 Å². The van der Waals surface area contributed by atoms with Crippen LogP contribution < -0.4 is 5.73 Å². The highest BCUT2D eigenvalue weighted by Crippen LogP contribution is 2.34. The van der Waals surface area contributed by atoms with E-state index in [-0.39, 0.29) is 6.04 Å². The normalized spacial score (nSPS) is 27.2. The van der Waals surface area contributed by atoms with E-state index in [0.717, 1.165) is 11.1 Å². The Bertz CT molecular complexity index is 313. The van der Waals surface area contributed by atoms with Gasteiger partial charge in [0, 0.05) is 11.1 Å². The molecule has 0 aliphatic heterocycles. The van der Waals surface area contributed by atoms with Crippen molar-refractivity contribution in [2.24, 2.45) is 5.73 Å². The molecule has 0 bridgehead atoms. The highest BCUT2D eigenvalue weighted by molar-refractivity contribution is 6.31. The average molecular weight is 184 g/mol. The predicted octanol–water partition coefficient (Wildman–Crippen LogP) is 1.26. The van der Waals surface area contributed by atoms with Crippen molar-refractivity contribution in [1.29, 1.82) is 0 Å². The van der Waals surface area contributed by atoms with Gasteiger partial charge in [-0.05, 0) is 23.6 Å². The molecule has 2 atom stereocenters. The molecule has 1 aliphatic rings. The van der Waals surface area contributed by atoms with Crippen LogP contribution in [0.4, 0.5) is 0 Å². The number of nitrogens with two attached hydrogens (primary N) is 1. The Labute approximate surface area is 76.0 Å². The van der Waals surface area contributed by atoms with Gasteiger partial charge in [0.05, 0.1) is 6.10 Å². The molecule has 1 aromatic rings. The lowest BCUT2D eigenvalue weighted by Crippen LogP contribution is -2.24. The first-order valence-electron chi connectivity index (χ1n) is 3.91. The van der Waals surface area contributed by atoms with E-state index >= 15 is 0 Å². The summed E-state index contributed by atoms with van der Waals surface area (Å²) in [5.74, 6) is 0. The van der Waals surface area contributed by atoms with Crippen LogP contribution in [0.15, 0.2) is 18.2 Å². The SMILES string of the molecule is N[C@H]1Cc2c(Cl)cccc2[C@H]1O. The maximum absolute atomic E-state index is 9.59. The molecule has 0 radical (unpaired) electrons. The van der Waals surface area contributed by atoms with Gasteiger partial charge in [0.1, 0.15) is 0 Å². The smallest absolute Gasteiger partial charge is 0.0947 e. The van der Waals surface area contributed by atoms with Crippen molar-refractivity contribution < 1.29 is 5.11 Å². The van der Waals surface area contributed by atoms with Gasteiger partial charge in [-0.1, -0.05) is 23.7 Å². The monoisotopic (exact) mass is 183 g/mol. The molecule has 3 heteroatoms. The number of rotatable bonds is 0. The topological polar surface area (TPSA) is 46.2 Å². The van der Waals surface area contributed by atoms with E-state index in [0.29, 0.717) is 11.4 Å². The zero-order chi connectivity index (χ0) is 8.72. The highest BCUT2D eigenvalue weighted by atomic mass is 35.5. The third kappa shape index (κ3) is 1.04. The first-order chi connectivity index (χ1) is 5.70. The third-order valence-electron chi connectivity index (χ3n) is 2.32. The van der Waals surface area contributed by atoms with Gasteiger partial charge < -0.3 is 10.8 Å². The Morgan fingerprint density at radius 1 is 1.50 bits per heavy atom. The second-order valence-corrected chi connectivity index (χ2v) is 3.53. The Balaban J connectivity index is 2.53. The minimum Gasteiger partial charge on any atom is -0.387 e. The standard InChI is InChI=1S/C9H10ClNO/c10-7-3-1-2-5-6(7)4-8(11)9(5)12/h1-3,8-9,12H,4,11H2/t8-,9+/m0/s1. The molecule has 1 aliphatic carbocycles. The second-order valence-electron chi connectivity index (χ2n) is 3.12. The zero-order valence-electron chi connectivity index (χ0n) is 6.50. The van der Waals surface area contributed by atoms with Crippen molar-refractivity contribution in [1.82, 2.24) is 0 Å². The molecule has 64 valence electrons. The van der Waals surface area contributed by atoms with Gasteiger partial charge in [-0.2, -0.15) is 0 Å². The Morgan fingerprint density at radius 2 is 2.25 bits per heavy atom. The van der Waals surface area contributed by atoms with Gasteiger partial charge in [0.2, 0.25) is 0 Å². The number of hydrogen-bond donors (Lipinski definition) is 2.